The normalized spacial score (nSPS) is 12.8. The van der Waals surface area contributed by atoms with Crippen molar-refractivity contribution in [1.82, 2.24) is 9.97 Å². The second-order valence-corrected chi connectivity index (χ2v) is 3.97. The van der Waals surface area contributed by atoms with Crippen LogP contribution < -0.4 is 16.6 Å². The Morgan fingerprint density at radius 2 is 2.21 bits per heavy atom. The molecular weight excluding hydrogens is 258 g/mol. The highest BCUT2D eigenvalue weighted by Gasteiger charge is 2.16. The minimum Gasteiger partial charge on any atom is -0.397 e. The first-order valence-corrected chi connectivity index (χ1v) is 5.46. The third-order valence-corrected chi connectivity index (χ3v) is 2.60. The van der Waals surface area contributed by atoms with E-state index in [0.29, 0.717) is 16.6 Å². The van der Waals surface area contributed by atoms with Crippen LogP contribution in [0.4, 0.5) is 20.2 Å². The van der Waals surface area contributed by atoms with Gasteiger partial charge < -0.3 is 21.1 Å². The molecule has 1 aromatic carbocycles. The van der Waals surface area contributed by atoms with Crippen LogP contribution in [0.25, 0.3) is 10.9 Å². The molecule has 2 rings (SSSR count). The minimum atomic E-state index is -2.84. The lowest BCUT2D eigenvalue weighted by Gasteiger charge is -2.13. The van der Waals surface area contributed by atoms with Gasteiger partial charge in [0.25, 0.3) is 12.0 Å². The molecule has 0 bridgehead atoms. The van der Waals surface area contributed by atoms with Crippen molar-refractivity contribution >= 4 is 22.3 Å². The predicted molar refractivity (Wildman–Crippen MR) is 67.3 cm³/mol. The first-order chi connectivity index (χ1) is 8.99. The summed E-state index contributed by atoms with van der Waals surface area (Å²) < 4.78 is 24.3. The van der Waals surface area contributed by atoms with Crippen LogP contribution in [0.1, 0.15) is 0 Å². The van der Waals surface area contributed by atoms with Gasteiger partial charge in [0, 0.05) is 6.54 Å². The number of aromatic nitrogens is 2. The third kappa shape index (κ3) is 2.79. The Balaban J connectivity index is 2.29. The summed E-state index contributed by atoms with van der Waals surface area (Å²) in [4.78, 5) is 17.8. The maximum Gasteiger partial charge on any atom is 0.265 e. The number of H-pyrrole nitrogens is 1. The molecule has 102 valence electrons. The number of aliphatic hydroxyl groups is 1. The quantitative estimate of drug-likeness (QED) is 0.607. The number of fused-ring (bicyclic) bond motifs is 1. The highest BCUT2D eigenvalue weighted by Crippen LogP contribution is 2.23. The molecule has 0 saturated heterocycles. The Bertz CT molecular complexity index is 644. The smallest absolute Gasteiger partial charge is 0.265 e. The average molecular weight is 270 g/mol. The third-order valence-electron chi connectivity index (χ3n) is 2.60. The van der Waals surface area contributed by atoms with Gasteiger partial charge in [0.05, 0.1) is 28.6 Å². The van der Waals surface area contributed by atoms with Gasteiger partial charge in [-0.15, -0.1) is 0 Å². The summed E-state index contributed by atoms with van der Waals surface area (Å²) in [6.07, 6.45) is -3.39. The van der Waals surface area contributed by atoms with Crippen molar-refractivity contribution in [2.75, 3.05) is 17.6 Å². The molecule has 19 heavy (non-hydrogen) atoms. The first-order valence-electron chi connectivity index (χ1n) is 5.46. The Morgan fingerprint density at radius 1 is 1.47 bits per heavy atom. The highest BCUT2D eigenvalue weighted by molar-refractivity contribution is 5.88. The zero-order valence-electron chi connectivity index (χ0n) is 9.73. The minimum absolute atomic E-state index is 0.215. The van der Waals surface area contributed by atoms with Crippen LogP contribution in [0.15, 0.2) is 23.3 Å². The van der Waals surface area contributed by atoms with Gasteiger partial charge in [-0.05, 0) is 12.1 Å². The first kappa shape index (κ1) is 13.2. The lowest BCUT2D eigenvalue weighted by atomic mass is 10.2. The zero-order chi connectivity index (χ0) is 14.0. The number of anilines is 2. The van der Waals surface area contributed by atoms with E-state index in [0.717, 1.165) is 0 Å². The number of aliphatic hydroxyl groups excluding tert-OH is 1. The van der Waals surface area contributed by atoms with Crippen LogP contribution in [-0.2, 0) is 0 Å². The van der Waals surface area contributed by atoms with Gasteiger partial charge in [0.15, 0.2) is 0 Å². The molecule has 1 unspecified atom stereocenters. The van der Waals surface area contributed by atoms with E-state index in [-0.39, 0.29) is 17.8 Å². The number of benzene rings is 1. The van der Waals surface area contributed by atoms with E-state index in [2.05, 4.69) is 15.3 Å². The number of nitrogen functional groups attached to an aromatic ring is 1. The van der Waals surface area contributed by atoms with Crippen molar-refractivity contribution in [1.29, 1.82) is 0 Å². The molecule has 1 heterocycles. The van der Waals surface area contributed by atoms with Gasteiger partial charge >= 0.3 is 0 Å². The maximum atomic E-state index is 12.2. The van der Waals surface area contributed by atoms with Crippen molar-refractivity contribution in [3.63, 3.8) is 0 Å². The van der Waals surface area contributed by atoms with Gasteiger partial charge in [-0.2, -0.15) is 0 Å². The molecule has 5 N–H and O–H groups in total. The van der Waals surface area contributed by atoms with Crippen molar-refractivity contribution in [2.24, 2.45) is 0 Å². The molecule has 0 spiro atoms. The fourth-order valence-corrected chi connectivity index (χ4v) is 1.59. The van der Waals surface area contributed by atoms with Crippen LogP contribution in [0.3, 0.4) is 0 Å². The van der Waals surface area contributed by atoms with Gasteiger partial charge in [-0.3, -0.25) is 4.79 Å². The van der Waals surface area contributed by atoms with E-state index in [1.807, 2.05) is 0 Å². The summed E-state index contributed by atoms with van der Waals surface area (Å²) in [5.41, 5.74) is 6.30. The molecule has 0 fully saturated rings. The van der Waals surface area contributed by atoms with Crippen molar-refractivity contribution in [2.45, 2.75) is 12.5 Å². The maximum absolute atomic E-state index is 12.2. The van der Waals surface area contributed by atoms with Crippen molar-refractivity contribution in [3.8, 4) is 0 Å². The van der Waals surface area contributed by atoms with Crippen molar-refractivity contribution < 1.29 is 13.9 Å². The summed E-state index contributed by atoms with van der Waals surface area (Å²) in [5.74, 6) is 0. The molecule has 1 aromatic heterocycles. The number of hydrogen-bond donors (Lipinski definition) is 4. The van der Waals surface area contributed by atoms with Gasteiger partial charge in [0.2, 0.25) is 0 Å². The monoisotopic (exact) mass is 270 g/mol. The molecular formula is C11H12F2N4O2. The lowest BCUT2D eigenvalue weighted by molar-refractivity contribution is 0.00385. The molecule has 0 aliphatic carbocycles. The van der Waals surface area contributed by atoms with Crippen LogP contribution in [-0.4, -0.2) is 34.1 Å². The second-order valence-electron chi connectivity index (χ2n) is 3.97. The number of hydrogen-bond acceptors (Lipinski definition) is 5. The van der Waals surface area contributed by atoms with Gasteiger partial charge in [-0.1, -0.05) is 0 Å². The van der Waals surface area contributed by atoms with Gasteiger partial charge in [0.1, 0.15) is 6.10 Å². The topological polar surface area (TPSA) is 104 Å². The molecule has 0 aliphatic rings. The molecule has 1 atom stereocenters. The van der Waals surface area contributed by atoms with E-state index in [9.17, 15) is 13.6 Å². The molecule has 0 aliphatic heterocycles. The Kier molecular flexibility index (Phi) is 3.61. The second kappa shape index (κ2) is 5.19. The van der Waals surface area contributed by atoms with E-state index in [1.54, 1.807) is 0 Å². The summed E-state index contributed by atoms with van der Waals surface area (Å²) in [6.45, 7) is -0.351. The fourth-order valence-electron chi connectivity index (χ4n) is 1.59. The number of nitrogens with one attached hydrogen (secondary N) is 2. The largest absolute Gasteiger partial charge is 0.397 e. The highest BCUT2D eigenvalue weighted by atomic mass is 19.3. The Labute approximate surface area is 106 Å². The Morgan fingerprint density at radius 3 is 2.89 bits per heavy atom. The van der Waals surface area contributed by atoms with Crippen LogP contribution in [0.2, 0.25) is 0 Å². The van der Waals surface area contributed by atoms with E-state index >= 15 is 0 Å². The number of halogens is 2. The van der Waals surface area contributed by atoms with Crippen LogP contribution in [0, 0.1) is 0 Å². The molecule has 0 amide bonds. The molecule has 6 nitrogen and oxygen atoms in total. The average Bonchev–Trinajstić information content (AvgIpc) is 2.37. The van der Waals surface area contributed by atoms with Crippen LogP contribution >= 0.6 is 0 Å². The van der Waals surface area contributed by atoms with Crippen LogP contribution in [0.5, 0.6) is 0 Å². The number of rotatable bonds is 4. The van der Waals surface area contributed by atoms with Crippen molar-refractivity contribution in [3.05, 3.63) is 28.8 Å². The lowest BCUT2D eigenvalue weighted by Crippen LogP contribution is -2.27. The van der Waals surface area contributed by atoms with E-state index < -0.39 is 12.5 Å². The molecule has 8 heteroatoms. The fraction of sp³-hybridized carbons (Fsp3) is 0.273. The number of aromatic amines is 1. The zero-order valence-corrected chi connectivity index (χ0v) is 9.73. The van der Waals surface area contributed by atoms with Gasteiger partial charge in [-0.25, -0.2) is 13.8 Å². The number of alkyl halides is 2. The van der Waals surface area contributed by atoms with E-state index in [1.165, 1.54) is 18.5 Å². The summed E-state index contributed by atoms with van der Waals surface area (Å²) >= 11 is 0. The molecule has 0 saturated carbocycles. The summed E-state index contributed by atoms with van der Waals surface area (Å²) in [6, 6.07) is 2.87. The number of nitrogens with zero attached hydrogens (tertiary/aromatic N) is 1. The predicted octanol–water partition coefficient (Wildman–Crippen LogP) is 0.543. The standard InChI is InChI=1S/C11H12F2N4O2/c12-10(13)9(18)3-15-8-2-7-5(1-6(8)14)11(19)17-4-16-7/h1-2,4,9-10,15,18H,3,14H2,(H,16,17,19). The van der Waals surface area contributed by atoms with E-state index in [4.69, 9.17) is 10.8 Å². The summed E-state index contributed by atoms with van der Waals surface area (Å²) in [5, 5.41) is 11.9. The molecule has 2 aromatic rings. The SMILES string of the molecule is Nc1cc2c(=O)[nH]cnc2cc1NCC(O)C(F)F. The summed E-state index contributed by atoms with van der Waals surface area (Å²) in [7, 11) is 0. The Hall–Kier alpha value is -2.22. The number of nitrogens with two attached hydrogens (primary N) is 1. The molecule has 0 radical (unpaired) electrons.